The molecule has 6 rings (SSSR count). The van der Waals surface area contributed by atoms with Crippen molar-refractivity contribution >= 4 is 46.0 Å². The van der Waals surface area contributed by atoms with Crippen LogP contribution in [0, 0.1) is 11.3 Å². The van der Waals surface area contributed by atoms with E-state index < -0.39 is 6.09 Å². The molecular weight excluding hydrogens is 478 g/mol. The van der Waals surface area contributed by atoms with E-state index in [4.69, 9.17) is 4.74 Å². The Bertz CT molecular complexity index is 1510. The summed E-state index contributed by atoms with van der Waals surface area (Å²) in [5, 5.41) is 16.9. The van der Waals surface area contributed by atoms with Crippen molar-refractivity contribution < 1.29 is 14.3 Å². The van der Waals surface area contributed by atoms with Crippen LogP contribution in [0.15, 0.2) is 52.2 Å². The van der Waals surface area contributed by atoms with Crippen molar-refractivity contribution in [1.29, 1.82) is 5.26 Å². The summed E-state index contributed by atoms with van der Waals surface area (Å²) in [6.07, 6.45) is 0.823. The molecule has 0 aliphatic carbocycles. The summed E-state index contributed by atoms with van der Waals surface area (Å²) < 4.78 is 7.33. The van der Waals surface area contributed by atoms with Crippen LogP contribution >= 0.6 is 11.8 Å². The van der Waals surface area contributed by atoms with Gasteiger partial charge in [0, 0.05) is 28.8 Å². The summed E-state index contributed by atoms with van der Waals surface area (Å²) in [5.74, 6) is 0.345. The van der Waals surface area contributed by atoms with Gasteiger partial charge in [0.15, 0.2) is 0 Å². The minimum Gasteiger partial charge on any atom is -0.444 e. The van der Waals surface area contributed by atoms with Gasteiger partial charge in [0.25, 0.3) is 5.56 Å². The van der Waals surface area contributed by atoms with E-state index in [0.29, 0.717) is 43.1 Å². The lowest BCUT2D eigenvalue weighted by molar-refractivity contribution is -0.113. The fraction of sp³-hybridized carbons (Fsp3) is 0.308. The average molecular weight is 502 g/mol. The number of nitrogens with zero attached hydrogens (tertiary/aromatic N) is 3. The Balaban J connectivity index is 1.08. The third-order valence-corrected chi connectivity index (χ3v) is 7.97. The predicted molar refractivity (Wildman–Crippen MR) is 136 cm³/mol. The van der Waals surface area contributed by atoms with Crippen LogP contribution in [-0.2, 0) is 16.1 Å². The van der Waals surface area contributed by atoms with E-state index in [-0.39, 0.29) is 23.6 Å². The number of hydrogen-bond acceptors (Lipinski definition) is 7. The second kappa shape index (κ2) is 9.00. The van der Waals surface area contributed by atoms with Gasteiger partial charge in [0.05, 0.1) is 41.2 Å². The van der Waals surface area contributed by atoms with Gasteiger partial charge in [-0.3, -0.25) is 14.5 Å². The number of carbonyl (C=O) groups is 2. The molecule has 0 radical (unpaired) electrons. The van der Waals surface area contributed by atoms with Crippen molar-refractivity contribution in [3.63, 3.8) is 0 Å². The van der Waals surface area contributed by atoms with Crippen LogP contribution in [0.1, 0.15) is 30.0 Å². The number of aromatic nitrogens is 1. The topological polar surface area (TPSA) is 116 Å². The summed E-state index contributed by atoms with van der Waals surface area (Å²) in [5.41, 5.74) is 3.65. The minimum atomic E-state index is -0.390. The maximum Gasteiger partial charge on any atom is 0.414 e. The number of cyclic esters (lactones) is 1. The van der Waals surface area contributed by atoms with Gasteiger partial charge in [0.2, 0.25) is 5.91 Å². The van der Waals surface area contributed by atoms with Crippen molar-refractivity contribution in [1.82, 2.24) is 9.88 Å². The first kappa shape index (κ1) is 22.6. The molecule has 2 amide bonds. The third-order valence-electron chi connectivity index (χ3n) is 6.90. The lowest BCUT2D eigenvalue weighted by Gasteiger charge is -2.20. The van der Waals surface area contributed by atoms with Crippen LogP contribution < -0.4 is 21.1 Å². The van der Waals surface area contributed by atoms with Gasteiger partial charge >= 0.3 is 6.09 Å². The maximum atomic E-state index is 12.5. The standard InChI is InChI=1S/C26H23N5O4S/c27-11-16-4-3-15-5-8-23(33)31-13-20(24(16)25(15)31)28-9-1-2-18-12-30(26(34)35-18)17-6-7-21-19(10-17)29-22(32)14-36-21/h3-8,10,18,20,28H,1-2,9,12-14H2,(H,29,32)/t18-,20-/m1/s1. The summed E-state index contributed by atoms with van der Waals surface area (Å²) >= 11 is 1.48. The van der Waals surface area contributed by atoms with Crippen molar-refractivity contribution in [2.75, 3.05) is 29.1 Å². The number of benzene rings is 2. The number of rotatable bonds is 6. The number of nitriles is 1. The molecular formula is C26H23N5O4S. The number of hydrogen-bond donors (Lipinski definition) is 2. The molecule has 2 N–H and O–H groups in total. The summed E-state index contributed by atoms with van der Waals surface area (Å²) in [7, 11) is 0. The molecule has 0 unspecified atom stereocenters. The van der Waals surface area contributed by atoms with Gasteiger partial charge < -0.3 is 19.9 Å². The molecule has 0 spiro atoms. The van der Waals surface area contributed by atoms with Crippen LogP contribution in [0.3, 0.4) is 0 Å². The predicted octanol–water partition coefficient (Wildman–Crippen LogP) is 3.37. The lowest BCUT2D eigenvalue weighted by atomic mass is 10.00. The highest BCUT2D eigenvalue weighted by Crippen LogP contribution is 2.36. The number of anilines is 2. The van der Waals surface area contributed by atoms with Gasteiger partial charge in [-0.25, -0.2) is 4.79 Å². The highest BCUT2D eigenvalue weighted by Gasteiger charge is 2.33. The second-order valence-electron chi connectivity index (χ2n) is 9.14. The molecule has 10 heteroatoms. The van der Waals surface area contributed by atoms with Gasteiger partial charge in [0.1, 0.15) is 6.10 Å². The molecule has 3 aliphatic rings. The monoisotopic (exact) mass is 501 g/mol. The van der Waals surface area contributed by atoms with Crippen LogP contribution in [0.2, 0.25) is 0 Å². The van der Waals surface area contributed by atoms with Crippen LogP contribution in [0.4, 0.5) is 16.2 Å². The molecule has 9 nitrogen and oxygen atoms in total. The van der Waals surface area contributed by atoms with E-state index in [1.54, 1.807) is 21.6 Å². The van der Waals surface area contributed by atoms with E-state index >= 15 is 0 Å². The lowest BCUT2D eigenvalue weighted by Crippen LogP contribution is -2.27. The van der Waals surface area contributed by atoms with E-state index in [1.165, 1.54) is 11.8 Å². The molecule has 3 aliphatic heterocycles. The number of ether oxygens (including phenoxy) is 1. The van der Waals surface area contributed by atoms with E-state index in [1.807, 2.05) is 30.3 Å². The highest BCUT2D eigenvalue weighted by atomic mass is 32.2. The zero-order valence-electron chi connectivity index (χ0n) is 19.3. The van der Waals surface area contributed by atoms with Gasteiger partial charge in [-0.2, -0.15) is 5.26 Å². The minimum absolute atomic E-state index is 0.0487. The fourth-order valence-electron chi connectivity index (χ4n) is 5.22. The molecule has 0 saturated carbocycles. The molecule has 3 aromatic rings. The Kier molecular flexibility index (Phi) is 5.66. The van der Waals surface area contributed by atoms with E-state index in [2.05, 4.69) is 16.7 Å². The SMILES string of the molecule is N#Cc1ccc2ccc(=O)n3c2c1[C@H](NCCC[C@@H]1CN(c2ccc4c(c2)NC(=O)CS4)C(=O)O1)C3. The first-order valence-electron chi connectivity index (χ1n) is 11.9. The molecule has 36 heavy (non-hydrogen) atoms. The zero-order valence-corrected chi connectivity index (χ0v) is 20.1. The summed E-state index contributed by atoms with van der Waals surface area (Å²) in [6.45, 7) is 1.59. The second-order valence-corrected chi connectivity index (χ2v) is 10.2. The van der Waals surface area contributed by atoms with Crippen LogP contribution in [0.25, 0.3) is 10.9 Å². The average Bonchev–Trinajstić information content (AvgIpc) is 3.45. The van der Waals surface area contributed by atoms with Crippen LogP contribution in [-0.4, -0.2) is 41.5 Å². The first-order chi connectivity index (χ1) is 17.5. The normalized spacial score (nSPS) is 20.2. The Morgan fingerprint density at radius 1 is 1.14 bits per heavy atom. The molecule has 1 aromatic heterocycles. The molecule has 0 bridgehead atoms. The highest BCUT2D eigenvalue weighted by molar-refractivity contribution is 8.00. The third kappa shape index (κ3) is 3.90. The quantitative estimate of drug-likeness (QED) is 0.498. The maximum absolute atomic E-state index is 12.5. The number of pyridine rings is 1. The van der Waals surface area contributed by atoms with E-state index in [0.717, 1.165) is 33.5 Å². The Morgan fingerprint density at radius 2 is 2.00 bits per heavy atom. The molecule has 2 atom stereocenters. The Morgan fingerprint density at radius 3 is 2.86 bits per heavy atom. The van der Waals surface area contributed by atoms with Crippen molar-refractivity contribution in [2.45, 2.75) is 36.4 Å². The molecule has 182 valence electrons. The van der Waals surface area contributed by atoms with Crippen LogP contribution in [0.5, 0.6) is 0 Å². The molecule has 1 fully saturated rings. The largest absolute Gasteiger partial charge is 0.444 e. The number of fused-ring (bicyclic) bond motifs is 1. The molecule has 4 heterocycles. The zero-order chi connectivity index (χ0) is 24.8. The van der Waals surface area contributed by atoms with Gasteiger partial charge in [-0.05, 0) is 55.1 Å². The smallest absolute Gasteiger partial charge is 0.414 e. The van der Waals surface area contributed by atoms with Crippen molar-refractivity contribution in [3.05, 3.63) is 63.9 Å². The van der Waals surface area contributed by atoms with Gasteiger partial charge in [-0.15, -0.1) is 11.8 Å². The number of nitrogens with one attached hydrogen (secondary N) is 2. The molecule has 2 aromatic carbocycles. The molecule has 1 saturated heterocycles. The Hall–Kier alpha value is -3.81. The fourth-order valence-corrected chi connectivity index (χ4v) is 6.01. The number of amides is 2. The Labute approximate surface area is 211 Å². The summed E-state index contributed by atoms with van der Waals surface area (Å²) in [6, 6.07) is 14.8. The van der Waals surface area contributed by atoms with Crippen molar-refractivity contribution in [2.24, 2.45) is 0 Å². The number of thioether (sulfide) groups is 1. The summed E-state index contributed by atoms with van der Waals surface area (Å²) in [4.78, 5) is 39.2. The van der Waals surface area contributed by atoms with E-state index in [9.17, 15) is 19.6 Å². The van der Waals surface area contributed by atoms with Crippen molar-refractivity contribution in [3.8, 4) is 6.07 Å². The number of carbonyl (C=O) groups excluding carboxylic acids is 2. The van der Waals surface area contributed by atoms with Gasteiger partial charge in [-0.1, -0.05) is 6.07 Å². The first-order valence-corrected chi connectivity index (χ1v) is 12.8.